The Morgan fingerprint density at radius 2 is 1.78 bits per heavy atom. The van der Waals surface area contributed by atoms with Crippen molar-refractivity contribution in [1.29, 1.82) is 0 Å². The lowest BCUT2D eigenvalue weighted by Gasteiger charge is -2.22. The zero-order chi connectivity index (χ0) is 24.6. The molecule has 1 atom stereocenters. The number of hydrogen-bond donors (Lipinski definition) is 1. The lowest BCUT2D eigenvalue weighted by molar-refractivity contribution is -0.137. The lowest BCUT2D eigenvalue weighted by Crippen LogP contribution is -2.34. The predicted molar refractivity (Wildman–Crippen MR) is 135 cm³/mol. The third-order valence-electron chi connectivity index (χ3n) is 6.68. The van der Waals surface area contributed by atoms with E-state index < -0.39 is 11.7 Å². The quantitative estimate of drug-likeness (QED) is 0.400. The van der Waals surface area contributed by atoms with Gasteiger partial charge in [-0.3, -0.25) is 18.9 Å². The van der Waals surface area contributed by atoms with Crippen LogP contribution >= 0.6 is 12.4 Å². The molecule has 2 aromatic carbocycles. The second-order valence-corrected chi connectivity index (χ2v) is 8.82. The van der Waals surface area contributed by atoms with Gasteiger partial charge in [0.15, 0.2) is 0 Å². The van der Waals surface area contributed by atoms with Gasteiger partial charge in [-0.15, -0.1) is 12.4 Å². The number of fused-ring (bicyclic) bond motifs is 1. The van der Waals surface area contributed by atoms with Gasteiger partial charge in [-0.05, 0) is 66.9 Å². The van der Waals surface area contributed by atoms with Crippen molar-refractivity contribution in [1.82, 2.24) is 19.2 Å². The molecule has 3 heterocycles. The number of hydrogen-bond acceptors (Lipinski definition) is 4. The average molecular weight is 519 g/mol. The van der Waals surface area contributed by atoms with Gasteiger partial charge in [0.2, 0.25) is 0 Å². The van der Waals surface area contributed by atoms with E-state index in [1.807, 2.05) is 22.9 Å². The highest BCUT2D eigenvalue weighted by atomic mass is 35.5. The van der Waals surface area contributed by atoms with E-state index in [4.69, 9.17) is 0 Å². The molecule has 1 fully saturated rings. The molecular weight excluding hydrogens is 493 g/mol. The second kappa shape index (κ2) is 10.5. The topological polar surface area (TPSA) is 63.3 Å². The summed E-state index contributed by atoms with van der Waals surface area (Å²) in [6, 6.07) is 13.8. The Bertz CT molecular complexity index is 1400. The third-order valence-corrected chi connectivity index (χ3v) is 6.68. The van der Waals surface area contributed by atoms with Crippen molar-refractivity contribution in [2.75, 3.05) is 19.7 Å². The minimum Gasteiger partial charge on any atom is -0.395 e. The number of aromatic nitrogens is 3. The maximum atomic E-state index is 12.8. The standard InChI is InChI=1S/C26H25F3N4O2.ClH/c27-26(28,29)21-5-3-18(4-6-21)19-9-11-32(25(35)15-19)22-7-8-24-20(14-22)16-30-33(24)13-12-31-10-1-2-23(31)17-34;/h3-9,11,14-16,23,34H,1-2,10,12-13,17H2;1H/t23-;/m1./s1. The smallest absolute Gasteiger partial charge is 0.395 e. The highest BCUT2D eigenvalue weighted by molar-refractivity contribution is 5.85. The molecular formula is C26H26ClF3N4O2. The normalized spacial score (nSPS) is 16.4. The zero-order valence-electron chi connectivity index (χ0n) is 19.4. The molecule has 6 nitrogen and oxygen atoms in total. The zero-order valence-corrected chi connectivity index (χ0v) is 20.2. The Balaban J connectivity index is 0.00000304. The van der Waals surface area contributed by atoms with Gasteiger partial charge in [0.25, 0.3) is 5.56 Å². The van der Waals surface area contributed by atoms with E-state index in [9.17, 15) is 23.1 Å². The molecule has 36 heavy (non-hydrogen) atoms. The van der Waals surface area contributed by atoms with Crippen molar-refractivity contribution >= 4 is 23.3 Å². The number of aliphatic hydroxyl groups is 1. The maximum Gasteiger partial charge on any atom is 0.416 e. The molecule has 1 aliphatic rings. The largest absolute Gasteiger partial charge is 0.416 e. The minimum atomic E-state index is -4.40. The van der Waals surface area contributed by atoms with E-state index in [-0.39, 0.29) is 30.6 Å². The molecule has 10 heteroatoms. The fourth-order valence-corrected chi connectivity index (χ4v) is 4.75. The molecule has 0 saturated carbocycles. The van der Waals surface area contributed by atoms with Gasteiger partial charge in [-0.2, -0.15) is 18.3 Å². The van der Waals surface area contributed by atoms with Crippen molar-refractivity contribution in [3.05, 3.63) is 82.9 Å². The van der Waals surface area contributed by atoms with Crippen molar-refractivity contribution in [3.8, 4) is 16.8 Å². The fourth-order valence-electron chi connectivity index (χ4n) is 4.75. The van der Waals surface area contributed by atoms with Crippen LogP contribution in [0.4, 0.5) is 13.2 Å². The van der Waals surface area contributed by atoms with Crippen molar-refractivity contribution in [2.45, 2.75) is 31.6 Å². The summed E-state index contributed by atoms with van der Waals surface area (Å²) in [5, 5.41) is 14.9. The number of rotatable bonds is 6. The van der Waals surface area contributed by atoms with Gasteiger partial charge in [0.1, 0.15) is 0 Å². The molecule has 190 valence electrons. The summed E-state index contributed by atoms with van der Waals surface area (Å²) in [5.74, 6) is 0. The van der Waals surface area contributed by atoms with Gasteiger partial charge in [-0.1, -0.05) is 12.1 Å². The highest BCUT2D eigenvalue weighted by Crippen LogP contribution is 2.31. The number of aliphatic hydroxyl groups excluding tert-OH is 1. The van der Waals surface area contributed by atoms with Crippen LogP contribution in [0.5, 0.6) is 0 Å². The first-order valence-corrected chi connectivity index (χ1v) is 11.5. The molecule has 2 aromatic heterocycles. The molecule has 1 N–H and O–H groups in total. The van der Waals surface area contributed by atoms with Crippen LogP contribution in [0.2, 0.25) is 0 Å². The van der Waals surface area contributed by atoms with Crippen LogP contribution in [-0.2, 0) is 12.7 Å². The number of likely N-dealkylation sites (tertiary alicyclic amines) is 1. The van der Waals surface area contributed by atoms with Crippen molar-refractivity contribution < 1.29 is 18.3 Å². The predicted octanol–water partition coefficient (Wildman–Crippen LogP) is 4.75. The molecule has 4 aromatic rings. The first-order valence-electron chi connectivity index (χ1n) is 11.5. The lowest BCUT2D eigenvalue weighted by atomic mass is 10.0. The average Bonchev–Trinajstić information content (AvgIpc) is 3.48. The van der Waals surface area contributed by atoms with E-state index in [2.05, 4.69) is 10.00 Å². The van der Waals surface area contributed by atoms with Gasteiger partial charge in [0.05, 0.1) is 30.4 Å². The van der Waals surface area contributed by atoms with Gasteiger partial charge in [-0.25, -0.2) is 0 Å². The first-order chi connectivity index (χ1) is 16.8. The maximum absolute atomic E-state index is 12.8. The summed E-state index contributed by atoms with van der Waals surface area (Å²) in [6.45, 7) is 2.69. The number of alkyl halides is 3. The van der Waals surface area contributed by atoms with E-state index in [1.165, 1.54) is 22.8 Å². The van der Waals surface area contributed by atoms with Crippen LogP contribution in [0.15, 0.2) is 71.8 Å². The summed E-state index contributed by atoms with van der Waals surface area (Å²) in [4.78, 5) is 15.1. The number of benzene rings is 2. The summed E-state index contributed by atoms with van der Waals surface area (Å²) in [6.07, 6.45) is 1.12. The summed E-state index contributed by atoms with van der Waals surface area (Å²) >= 11 is 0. The van der Waals surface area contributed by atoms with E-state index in [1.54, 1.807) is 18.5 Å². The third kappa shape index (κ3) is 5.18. The van der Waals surface area contributed by atoms with Crippen molar-refractivity contribution in [2.24, 2.45) is 0 Å². The Morgan fingerprint density at radius 1 is 1.00 bits per heavy atom. The molecule has 0 amide bonds. The van der Waals surface area contributed by atoms with Gasteiger partial charge < -0.3 is 5.11 Å². The highest BCUT2D eigenvalue weighted by Gasteiger charge is 2.30. The van der Waals surface area contributed by atoms with Crippen LogP contribution in [0.1, 0.15) is 18.4 Å². The van der Waals surface area contributed by atoms with E-state index in [0.29, 0.717) is 23.4 Å². The molecule has 1 aliphatic heterocycles. The van der Waals surface area contributed by atoms with Crippen LogP contribution in [0.3, 0.4) is 0 Å². The molecule has 0 spiro atoms. The molecule has 5 rings (SSSR count). The monoisotopic (exact) mass is 518 g/mol. The summed E-state index contributed by atoms with van der Waals surface area (Å²) in [5.41, 5.74) is 1.73. The molecule has 0 aliphatic carbocycles. The van der Waals surface area contributed by atoms with Gasteiger partial charge in [0, 0.05) is 35.9 Å². The first kappa shape index (κ1) is 25.9. The minimum absolute atomic E-state index is 0. The van der Waals surface area contributed by atoms with Crippen LogP contribution < -0.4 is 5.56 Å². The summed E-state index contributed by atoms with van der Waals surface area (Å²) in [7, 11) is 0. The van der Waals surface area contributed by atoms with Crippen LogP contribution in [0, 0.1) is 0 Å². The van der Waals surface area contributed by atoms with E-state index in [0.717, 1.165) is 49.0 Å². The number of halogens is 4. The second-order valence-electron chi connectivity index (χ2n) is 8.82. The van der Waals surface area contributed by atoms with Crippen LogP contribution in [-0.4, -0.2) is 50.1 Å². The van der Waals surface area contributed by atoms with E-state index >= 15 is 0 Å². The van der Waals surface area contributed by atoms with Crippen LogP contribution in [0.25, 0.3) is 27.7 Å². The SMILES string of the molecule is Cl.O=c1cc(-c2ccc(C(F)(F)F)cc2)ccn1-c1ccc2c(cnn2CCN2CCC[C@@H]2CO)c1. The molecule has 0 bridgehead atoms. The number of nitrogens with zero attached hydrogens (tertiary/aromatic N) is 4. The van der Waals surface area contributed by atoms with Gasteiger partial charge >= 0.3 is 6.18 Å². The Hall–Kier alpha value is -3.14. The fraction of sp³-hybridized carbons (Fsp3) is 0.308. The number of pyridine rings is 1. The Labute approximate surface area is 212 Å². The van der Waals surface area contributed by atoms with Crippen molar-refractivity contribution in [3.63, 3.8) is 0 Å². The Morgan fingerprint density at radius 3 is 2.47 bits per heavy atom. The Kier molecular flexibility index (Phi) is 7.54. The molecule has 0 radical (unpaired) electrons. The molecule has 0 unspecified atom stereocenters. The summed E-state index contributed by atoms with van der Waals surface area (Å²) < 4.78 is 41.9. The molecule has 1 saturated heterocycles.